The summed E-state index contributed by atoms with van der Waals surface area (Å²) in [6, 6.07) is 10.0. The Morgan fingerprint density at radius 3 is 2.86 bits per heavy atom. The third-order valence-electron chi connectivity index (χ3n) is 3.03. The lowest BCUT2D eigenvalue weighted by molar-refractivity contribution is 0.715. The first kappa shape index (κ1) is 14.0. The highest BCUT2D eigenvalue weighted by molar-refractivity contribution is 7.98. The molecule has 3 aromatic rings. The van der Waals surface area contributed by atoms with E-state index in [-0.39, 0.29) is 0 Å². The maximum atomic E-state index is 5.19. The molecular formula is C13H14N6S2. The number of aromatic amines is 1. The van der Waals surface area contributed by atoms with Crippen molar-refractivity contribution < 1.29 is 0 Å². The van der Waals surface area contributed by atoms with E-state index in [0.717, 1.165) is 23.2 Å². The van der Waals surface area contributed by atoms with Gasteiger partial charge in [0.1, 0.15) is 12.2 Å². The van der Waals surface area contributed by atoms with Gasteiger partial charge in [0.15, 0.2) is 9.93 Å². The molecule has 0 saturated heterocycles. The summed E-state index contributed by atoms with van der Waals surface area (Å²) in [5.74, 6) is 1.60. The standard InChI is InChI=1S/C13H14N6S2/c1-2-18-11(15-16-12(18)20)8-21-13-17-14-9-19(13)10-6-4-3-5-7-10/h3-7,9H,2,8H2,1H3,(H,16,20). The molecule has 0 bridgehead atoms. The van der Waals surface area contributed by atoms with E-state index >= 15 is 0 Å². The molecule has 0 atom stereocenters. The molecule has 0 unspecified atom stereocenters. The zero-order valence-corrected chi connectivity index (χ0v) is 13.1. The second-order valence-electron chi connectivity index (χ2n) is 4.30. The van der Waals surface area contributed by atoms with E-state index in [0.29, 0.717) is 10.5 Å². The Hall–Kier alpha value is -1.93. The van der Waals surface area contributed by atoms with Gasteiger partial charge in [-0.05, 0) is 31.3 Å². The van der Waals surface area contributed by atoms with Crippen LogP contribution in [0.1, 0.15) is 12.7 Å². The van der Waals surface area contributed by atoms with Gasteiger partial charge in [0.2, 0.25) is 0 Å². The van der Waals surface area contributed by atoms with Crippen LogP contribution in [0.25, 0.3) is 5.69 Å². The van der Waals surface area contributed by atoms with Crippen LogP contribution >= 0.6 is 24.0 Å². The zero-order chi connectivity index (χ0) is 14.7. The third-order valence-corrected chi connectivity index (χ3v) is 4.29. The summed E-state index contributed by atoms with van der Waals surface area (Å²) in [5, 5.41) is 16.1. The number of aromatic nitrogens is 6. The minimum atomic E-state index is 0.651. The smallest absolute Gasteiger partial charge is 0.196 e. The number of hydrogen-bond donors (Lipinski definition) is 1. The summed E-state index contributed by atoms with van der Waals surface area (Å²) in [4.78, 5) is 0. The molecule has 0 amide bonds. The second-order valence-corrected chi connectivity index (χ2v) is 5.63. The van der Waals surface area contributed by atoms with Crippen molar-refractivity contribution in [1.29, 1.82) is 0 Å². The Kier molecular flexibility index (Phi) is 4.16. The monoisotopic (exact) mass is 318 g/mol. The van der Waals surface area contributed by atoms with E-state index in [1.54, 1.807) is 18.1 Å². The largest absolute Gasteiger partial charge is 0.304 e. The van der Waals surface area contributed by atoms with Gasteiger partial charge in [-0.15, -0.1) is 10.2 Å². The van der Waals surface area contributed by atoms with Crippen molar-refractivity contribution in [3.63, 3.8) is 0 Å². The van der Waals surface area contributed by atoms with Crippen LogP contribution in [-0.4, -0.2) is 29.5 Å². The molecule has 2 aromatic heterocycles. The van der Waals surface area contributed by atoms with Crippen molar-refractivity contribution in [2.45, 2.75) is 24.4 Å². The van der Waals surface area contributed by atoms with E-state index in [1.807, 2.05) is 46.4 Å². The van der Waals surface area contributed by atoms with Crippen LogP contribution in [0.5, 0.6) is 0 Å². The Bertz CT molecular complexity index is 773. The molecule has 0 fully saturated rings. The first-order chi connectivity index (χ1) is 10.3. The summed E-state index contributed by atoms with van der Waals surface area (Å²) in [7, 11) is 0. The average Bonchev–Trinajstić information content (AvgIpc) is 3.12. The van der Waals surface area contributed by atoms with Crippen LogP contribution in [0, 0.1) is 4.77 Å². The van der Waals surface area contributed by atoms with Crippen molar-refractivity contribution in [1.82, 2.24) is 29.5 Å². The Morgan fingerprint density at radius 2 is 2.10 bits per heavy atom. The lowest BCUT2D eigenvalue weighted by Crippen LogP contribution is -2.01. The summed E-state index contributed by atoms with van der Waals surface area (Å²) < 4.78 is 4.59. The van der Waals surface area contributed by atoms with Crippen LogP contribution in [0.4, 0.5) is 0 Å². The normalized spacial score (nSPS) is 10.9. The number of benzene rings is 1. The highest BCUT2D eigenvalue weighted by Crippen LogP contribution is 2.22. The van der Waals surface area contributed by atoms with Crippen LogP contribution < -0.4 is 0 Å². The zero-order valence-electron chi connectivity index (χ0n) is 11.4. The van der Waals surface area contributed by atoms with Crippen molar-refractivity contribution in [3.05, 3.63) is 47.3 Å². The maximum absolute atomic E-state index is 5.19. The van der Waals surface area contributed by atoms with Gasteiger partial charge in [0.25, 0.3) is 0 Å². The molecule has 2 heterocycles. The molecule has 1 aromatic carbocycles. The topological polar surface area (TPSA) is 64.3 Å². The van der Waals surface area contributed by atoms with Crippen molar-refractivity contribution in [3.8, 4) is 5.69 Å². The van der Waals surface area contributed by atoms with Gasteiger partial charge in [-0.25, -0.2) is 0 Å². The van der Waals surface area contributed by atoms with E-state index in [9.17, 15) is 0 Å². The van der Waals surface area contributed by atoms with Gasteiger partial charge in [-0.2, -0.15) is 5.10 Å². The van der Waals surface area contributed by atoms with Crippen LogP contribution in [0.15, 0.2) is 41.8 Å². The SMILES string of the molecule is CCn1c(CSc2nncn2-c2ccccc2)n[nH]c1=S. The van der Waals surface area contributed by atoms with Crippen molar-refractivity contribution in [2.24, 2.45) is 0 Å². The number of nitrogens with zero attached hydrogens (tertiary/aromatic N) is 5. The minimum Gasteiger partial charge on any atom is -0.304 e. The van der Waals surface area contributed by atoms with Gasteiger partial charge in [0, 0.05) is 12.2 Å². The fourth-order valence-corrected chi connectivity index (χ4v) is 3.16. The quantitative estimate of drug-likeness (QED) is 0.579. The molecule has 3 rings (SSSR count). The number of rotatable bonds is 5. The Balaban J connectivity index is 1.81. The lowest BCUT2D eigenvalue weighted by atomic mass is 10.3. The predicted octanol–water partition coefficient (Wildman–Crippen LogP) is 2.83. The number of nitrogens with one attached hydrogen (secondary N) is 1. The van der Waals surface area contributed by atoms with Crippen LogP contribution in [-0.2, 0) is 12.3 Å². The van der Waals surface area contributed by atoms with Gasteiger partial charge in [-0.1, -0.05) is 30.0 Å². The molecule has 0 aliphatic heterocycles. The fourth-order valence-electron chi connectivity index (χ4n) is 2.00. The molecule has 8 heteroatoms. The summed E-state index contributed by atoms with van der Waals surface area (Å²) >= 11 is 6.78. The average molecular weight is 318 g/mol. The van der Waals surface area contributed by atoms with Gasteiger partial charge in [0.05, 0.1) is 5.75 Å². The summed E-state index contributed by atoms with van der Waals surface area (Å²) in [6.07, 6.45) is 1.72. The van der Waals surface area contributed by atoms with Crippen LogP contribution in [0.3, 0.4) is 0 Å². The molecule has 6 nitrogen and oxygen atoms in total. The fraction of sp³-hybridized carbons (Fsp3) is 0.231. The second kappa shape index (κ2) is 6.23. The molecule has 0 radical (unpaired) electrons. The molecule has 0 saturated carbocycles. The van der Waals surface area contributed by atoms with Gasteiger partial charge < -0.3 is 4.57 Å². The number of para-hydroxylation sites is 1. The molecule has 108 valence electrons. The first-order valence-electron chi connectivity index (χ1n) is 6.52. The first-order valence-corrected chi connectivity index (χ1v) is 7.91. The number of hydrogen-bond acceptors (Lipinski definition) is 5. The minimum absolute atomic E-state index is 0.651. The highest BCUT2D eigenvalue weighted by Gasteiger charge is 2.10. The highest BCUT2D eigenvalue weighted by atomic mass is 32.2. The summed E-state index contributed by atoms with van der Waals surface area (Å²) in [6.45, 7) is 2.85. The molecule has 0 aliphatic carbocycles. The van der Waals surface area contributed by atoms with E-state index in [1.165, 1.54) is 0 Å². The molecule has 0 aliphatic rings. The van der Waals surface area contributed by atoms with E-state index in [2.05, 4.69) is 20.4 Å². The van der Waals surface area contributed by atoms with E-state index in [4.69, 9.17) is 12.2 Å². The molecule has 1 N–H and O–H groups in total. The van der Waals surface area contributed by atoms with Crippen molar-refractivity contribution in [2.75, 3.05) is 0 Å². The maximum Gasteiger partial charge on any atom is 0.196 e. The van der Waals surface area contributed by atoms with Gasteiger partial charge >= 0.3 is 0 Å². The molecule has 21 heavy (non-hydrogen) atoms. The third kappa shape index (κ3) is 2.91. The Morgan fingerprint density at radius 1 is 1.29 bits per heavy atom. The number of H-pyrrole nitrogens is 1. The number of thioether (sulfide) groups is 1. The predicted molar refractivity (Wildman–Crippen MR) is 84.0 cm³/mol. The summed E-state index contributed by atoms with van der Waals surface area (Å²) in [5.41, 5.74) is 1.04. The van der Waals surface area contributed by atoms with Crippen LogP contribution in [0.2, 0.25) is 0 Å². The van der Waals surface area contributed by atoms with Gasteiger partial charge in [-0.3, -0.25) is 9.67 Å². The Labute approximate surface area is 131 Å². The molecular weight excluding hydrogens is 304 g/mol. The molecule has 0 spiro atoms. The van der Waals surface area contributed by atoms with Crippen molar-refractivity contribution >= 4 is 24.0 Å². The lowest BCUT2D eigenvalue weighted by Gasteiger charge is -2.06. The van der Waals surface area contributed by atoms with E-state index < -0.39 is 0 Å².